The molecule has 0 aromatic heterocycles. The average molecular weight is 254 g/mol. The molecule has 5 heteroatoms. The summed E-state index contributed by atoms with van der Waals surface area (Å²) in [5.74, 6) is -0.212. The number of benzene rings is 1. The van der Waals surface area contributed by atoms with Gasteiger partial charge in [0.1, 0.15) is 11.8 Å². The van der Waals surface area contributed by atoms with E-state index in [-0.39, 0.29) is 6.42 Å². The fourth-order valence-corrected chi connectivity index (χ4v) is 1.46. The second-order valence-electron chi connectivity index (χ2n) is 3.45. The lowest BCUT2D eigenvalue weighted by Gasteiger charge is -2.06. The Balaban J connectivity index is 2.35. The van der Waals surface area contributed by atoms with Gasteiger partial charge in [-0.15, -0.1) is 0 Å². The molecule has 0 amide bonds. The normalized spacial score (nSPS) is 9.65. The molecule has 0 aliphatic heterocycles. The number of carbonyl (C=O) groups is 1. The molecule has 0 spiro atoms. The van der Waals surface area contributed by atoms with Crippen molar-refractivity contribution in [3.05, 3.63) is 28.8 Å². The van der Waals surface area contributed by atoms with E-state index in [4.69, 9.17) is 26.7 Å². The number of nitrogens with zero attached hydrogens (tertiary/aromatic N) is 1. The summed E-state index contributed by atoms with van der Waals surface area (Å²) in [4.78, 5) is 10.3. The van der Waals surface area contributed by atoms with Crippen LogP contribution in [0.1, 0.15) is 24.8 Å². The highest BCUT2D eigenvalue weighted by Gasteiger charge is 2.02. The first-order valence-electron chi connectivity index (χ1n) is 5.17. The van der Waals surface area contributed by atoms with E-state index in [1.165, 1.54) is 0 Å². The Labute approximate surface area is 104 Å². The summed E-state index contributed by atoms with van der Waals surface area (Å²) >= 11 is 5.83. The first kappa shape index (κ1) is 13.3. The minimum Gasteiger partial charge on any atom is -0.494 e. The van der Waals surface area contributed by atoms with Gasteiger partial charge in [0.15, 0.2) is 0 Å². The van der Waals surface area contributed by atoms with Crippen molar-refractivity contribution in [1.82, 2.24) is 0 Å². The van der Waals surface area contributed by atoms with Gasteiger partial charge in [0.05, 0.1) is 17.2 Å². The zero-order chi connectivity index (χ0) is 12.7. The van der Waals surface area contributed by atoms with Crippen LogP contribution in [0.5, 0.6) is 5.75 Å². The number of unbranched alkanes of at least 4 members (excludes halogenated alkanes) is 1. The molecule has 90 valence electrons. The van der Waals surface area contributed by atoms with Crippen molar-refractivity contribution in [2.24, 2.45) is 0 Å². The predicted molar refractivity (Wildman–Crippen MR) is 63.1 cm³/mol. The number of ether oxygens (including phenoxy) is 1. The van der Waals surface area contributed by atoms with Gasteiger partial charge in [0.25, 0.3) is 0 Å². The molecule has 1 N–H and O–H groups in total. The molecule has 0 bridgehead atoms. The fraction of sp³-hybridized carbons (Fsp3) is 0.333. The van der Waals surface area contributed by atoms with Crippen LogP contribution in [0.15, 0.2) is 18.2 Å². The molecule has 4 nitrogen and oxygen atoms in total. The summed E-state index contributed by atoms with van der Waals surface area (Å²) in [5, 5.41) is 17.5. The summed E-state index contributed by atoms with van der Waals surface area (Å²) in [6.45, 7) is 0.440. The molecular weight excluding hydrogens is 242 g/mol. The maximum atomic E-state index is 10.3. The molecule has 0 radical (unpaired) electrons. The number of halogens is 1. The average Bonchev–Trinajstić information content (AvgIpc) is 2.28. The highest BCUT2D eigenvalue weighted by molar-refractivity contribution is 6.31. The van der Waals surface area contributed by atoms with Crippen molar-refractivity contribution in [3.63, 3.8) is 0 Å². The Kier molecular flexibility index (Phi) is 5.31. The van der Waals surface area contributed by atoms with Gasteiger partial charge in [0.2, 0.25) is 0 Å². The summed E-state index contributed by atoms with van der Waals surface area (Å²) in [6, 6.07) is 6.80. The van der Waals surface area contributed by atoms with Crippen LogP contribution in [-0.2, 0) is 4.79 Å². The van der Waals surface area contributed by atoms with Crippen molar-refractivity contribution in [3.8, 4) is 11.8 Å². The van der Waals surface area contributed by atoms with Crippen molar-refractivity contribution in [1.29, 1.82) is 5.26 Å². The molecule has 0 unspecified atom stereocenters. The standard InChI is InChI=1S/C12H12ClNO3/c13-11-7-10(5-4-9(11)8-14)17-6-2-1-3-12(15)16/h4-5,7H,1-3,6H2,(H,15,16). The molecule has 0 aliphatic carbocycles. The molecule has 1 rings (SSSR count). The SMILES string of the molecule is N#Cc1ccc(OCCCCC(=O)O)cc1Cl. The molecule has 0 atom stereocenters. The lowest BCUT2D eigenvalue weighted by atomic mass is 10.2. The van der Waals surface area contributed by atoms with Crippen LogP contribution in [0.25, 0.3) is 0 Å². The van der Waals surface area contributed by atoms with E-state index < -0.39 is 5.97 Å². The van der Waals surface area contributed by atoms with Gasteiger partial charge in [-0.1, -0.05) is 11.6 Å². The molecule has 17 heavy (non-hydrogen) atoms. The summed E-state index contributed by atoms with van der Waals surface area (Å²) in [5.41, 5.74) is 0.407. The zero-order valence-electron chi connectivity index (χ0n) is 9.15. The van der Waals surface area contributed by atoms with Crippen LogP contribution >= 0.6 is 11.6 Å². The van der Waals surface area contributed by atoms with Crippen molar-refractivity contribution in [2.45, 2.75) is 19.3 Å². The number of aliphatic carboxylic acids is 1. The maximum Gasteiger partial charge on any atom is 0.303 e. The number of carboxylic acid groups (broad SMARTS) is 1. The van der Waals surface area contributed by atoms with Crippen LogP contribution in [0.4, 0.5) is 0 Å². The monoisotopic (exact) mass is 253 g/mol. The van der Waals surface area contributed by atoms with Crippen LogP contribution in [0, 0.1) is 11.3 Å². The number of carboxylic acids is 1. The highest BCUT2D eigenvalue weighted by atomic mass is 35.5. The Morgan fingerprint density at radius 1 is 1.47 bits per heavy atom. The quantitative estimate of drug-likeness (QED) is 0.792. The van der Waals surface area contributed by atoms with Gasteiger partial charge in [-0.3, -0.25) is 4.79 Å². The van der Waals surface area contributed by atoms with Crippen LogP contribution in [0.3, 0.4) is 0 Å². The second-order valence-corrected chi connectivity index (χ2v) is 3.86. The second kappa shape index (κ2) is 6.77. The smallest absolute Gasteiger partial charge is 0.303 e. The van der Waals surface area contributed by atoms with E-state index in [0.29, 0.717) is 35.8 Å². The Hall–Kier alpha value is -1.73. The molecule has 0 fully saturated rings. The summed E-state index contributed by atoms with van der Waals surface area (Å²) < 4.78 is 5.38. The molecule has 0 saturated heterocycles. The van der Waals surface area contributed by atoms with Crippen LogP contribution in [0.2, 0.25) is 5.02 Å². The summed E-state index contributed by atoms with van der Waals surface area (Å²) in [6.07, 6.45) is 1.40. The van der Waals surface area contributed by atoms with Crippen LogP contribution in [-0.4, -0.2) is 17.7 Å². The summed E-state index contributed by atoms with van der Waals surface area (Å²) in [7, 11) is 0. The number of hydrogen-bond donors (Lipinski definition) is 1. The molecule has 0 saturated carbocycles. The minimum atomic E-state index is -0.800. The van der Waals surface area contributed by atoms with Gasteiger partial charge < -0.3 is 9.84 Å². The Morgan fingerprint density at radius 2 is 2.24 bits per heavy atom. The van der Waals surface area contributed by atoms with Crippen LogP contribution < -0.4 is 4.74 Å². The lowest BCUT2D eigenvalue weighted by molar-refractivity contribution is -0.137. The first-order valence-corrected chi connectivity index (χ1v) is 5.55. The largest absolute Gasteiger partial charge is 0.494 e. The van der Waals surface area contributed by atoms with E-state index >= 15 is 0 Å². The topological polar surface area (TPSA) is 70.3 Å². The van der Waals surface area contributed by atoms with Gasteiger partial charge in [-0.25, -0.2) is 0 Å². The number of rotatable bonds is 6. The van der Waals surface area contributed by atoms with E-state index in [1.54, 1.807) is 18.2 Å². The predicted octanol–water partition coefficient (Wildman–Crippen LogP) is 2.85. The van der Waals surface area contributed by atoms with Gasteiger partial charge >= 0.3 is 5.97 Å². The lowest BCUT2D eigenvalue weighted by Crippen LogP contribution is -2.00. The van der Waals surface area contributed by atoms with Gasteiger partial charge in [-0.2, -0.15) is 5.26 Å². The highest BCUT2D eigenvalue weighted by Crippen LogP contribution is 2.21. The van der Waals surface area contributed by atoms with Crippen molar-refractivity contribution in [2.75, 3.05) is 6.61 Å². The van der Waals surface area contributed by atoms with E-state index in [2.05, 4.69) is 0 Å². The van der Waals surface area contributed by atoms with E-state index in [0.717, 1.165) is 0 Å². The minimum absolute atomic E-state index is 0.150. The van der Waals surface area contributed by atoms with E-state index in [1.807, 2.05) is 6.07 Å². The van der Waals surface area contributed by atoms with Gasteiger partial charge in [0, 0.05) is 12.5 Å². The Bertz CT molecular complexity index is 440. The molecule has 1 aromatic carbocycles. The van der Waals surface area contributed by atoms with E-state index in [9.17, 15) is 4.79 Å². The third-order valence-electron chi connectivity index (χ3n) is 2.11. The zero-order valence-corrected chi connectivity index (χ0v) is 9.91. The molecule has 1 aromatic rings. The van der Waals surface area contributed by atoms with Crippen molar-refractivity contribution < 1.29 is 14.6 Å². The molecule has 0 aliphatic rings. The third-order valence-corrected chi connectivity index (χ3v) is 2.43. The van der Waals surface area contributed by atoms with Crippen molar-refractivity contribution >= 4 is 17.6 Å². The fourth-order valence-electron chi connectivity index (χ4n) is 1.24. The molecule has 0 heterocycles. The Morgan fingerprint density at radius 3 is 2.82 bits per heavy atom. The van der Waals surface area contributed by atoms with Gasteiger partial charge in [-0.05, 0) is 25.0 Å². The number of nitriles is 1. The third kappa shape index (κ3) is 4.75. The first-order chi connectivity index (χ1) is 8.13. The number of hydrogen-bond acceptors (Lipinski definition) is 3. The maximum absolute atomic E-state index is 10.3. The molecular formula is C12H12ClNO3.